The number of nitrogens with one attached hydrogen (secondary N) is 1. The summed E-state index contributed by atoms with van der Waals surface area (Å²) in [5.74, 6) is -0.292. The second kappa shape index (κ2) is 7.80. The minimum atomic E-state index is -0.981. The minimum Gasteiger partial charge on any atom is -0.387 e. The van der Waals surface area contributed by atoms with E-state index < -0.39 is 5.60 Å². The highest BCUT2D eigenvalue weighted by molar-refractivity contribution is 6.35. The van der Waals surface area contributed by atoms with Gasteiger partial charge < -0.3 is 15.3 Å². The first-order valence-electron chi connectivity index (χ1n) is 6.48. The molecule has 21 heavy (non-hydrogen) atoms. The van der Waals surface area contributed by atoms with Crippen LogP contribution in [0.2, 0.25) is 10.0 Å². The van der Waals surface area contributed by atoms with Gasteiger partial charge in [-0.3, -0.25) is 4.79 Å². The Hall–Kier alpha value is -1.07. The number of amides is 1. The van der Waals surface area contributed by atoms with Crippen molar-refractivity contribution in [1.29, 1.82) is 0 Å². The van der Waals surface area contributed by atoms with Gasteiger partial charge in [-0.15, -0.1) is 0 Å². The molecule has 1 aromatic rings. The Balaban J connectivity index is 2.55. The van der Waals surface area contributed by atoms with Gasteiger partial charge in [-0.1, -0.05) is 29.3 Å². The fourth-order valence-electron chi connectivity index (χ4n) is 1.88. The first kappa shape index (κ1) is 18.0. The van der Waals surface area contributed by atoms with Gasteiger partial charge in [-0.05, 0) is 44.8 Å². The van der Waals surface area contributed by atoms with E-state index in [0.29, 0.717) is 22.2 Å². The first-order chi connectivity index (χ1) is 9.69. The van der Waals surface area contributed by atoms with E-state index in [0.717, 1.165) is 0 Å². The summed E-state index contributed by atoms with van der Waals surface area (Å²) < 4.78 is 0. The molecule has 1 unspecified atom stereocenters. The maximum atomic E-state index is 11.7. The molecule has 0 heterocycles. The number of halogens is 2. The molecule has 0 bridgehead atoms. The maximum Gasteiger partial charge on any atom is 0.244 e. The molecule has 1 aromatic carbocycles. The van der Waals surface area contributed by atoms with Crippen molar-refractivity contribution in [3.8, 4) is 0 Å². The van der Waals surface area contributed by atoms with Crippen LogP contribution in [-0.4, -0.2) is 48.7 Å². The van der Waals surface area contributed by atoms with E-state index in [1.165, 1.54) is 6.08 Å². The predicted octanol–water partition coefficient (Wildman–Crippen LogP) is 2.44. The highest BCUT2D eigenvalue weighted by atomic mass is 35.5. The van der Waals surface area contributed by atoms with Gasteiger partial charge in [0.25, 0.3) is 0 Å². The molecule has 0 radical (unpaired) electrons. The predicted molar refractivity (Wildman–Crippen MR) is 87.7 cm³/mol. The van der Waals surface area contributed by atoms with Crippen LogP contribution < -0.4 is 5.32 Å². The minimum absolute atomic E-state index is 0.169. The van der Waals surface area contributed by atoms with Crippen LogP contribution in [0, 0.1) is 0 Å². The Morgan fingerprint density at radius 2 is 2.10 bits per heavy atom. The normalized spacial score (nSPS) is 14.4. The van der Waals surface area contributed by atoms with E-state index in [1.807, 2.05) is 19.0 Å². The number of rotatable bonds is 6. The van der Waals surface area contributed by atoms with E-state index in [-0.39, 0.29) is 12.5 Å². The summed E-state index contributed by atoms with van der Waals surface area (Å²) in [7, 11) is 3.72. The lowest BCUT2D eigenvalue weighted by atomic mass is 10.1. The molecule has 0 aromatic heterocycles. The van der Waals surface area contributed by atoms with Gasteiger partial charge in [0.1, 0.15) is 0 Å². The molecule has 4 nitrogen and oxygen atoms in total. The molecule has 2 N–H and O–H groups in total. The number of hydrogen-bond acceptors (Lipinski definition) is 3. The summed E-state index contributed by atoms with van der Waals surface area (Å²) in [5.41, 5.74) is -0.276. The lowest BCUT2D eigenvalue weighted by molar-refractivity contribution is -0.117. The molecule has 0 fully saturated rings. The van der Waals surface area contributed by atoms with Gasteiger partial charge in [0, 0.05) is 29.2 Å². The summed E-state index contributed by atoms with van der Waals surface area (Å²) in [6.45, 7) is 2.30. The summed E-state index contributed by atoms with van der Waals surface area (Å²) in [5, 5.41) is 13.8. The molecule has 0 aliphatic rings. The monoisotopic (exact) mass is 330 g/mol. The molecule has 116 valence electrons. The quantitative estimate of drug-likeness (QED) is 0.787. The fraction of sp³-hybridized carbons (Fsp3) is 0.400. The van der Waals surface area contributed by atoms with Crippen LogP contribution in [0.15, 0.2) is 24.3 Å². The third-order valence-corrected chi connectivity index (χ3v) is 3.24. The van der Waals surface area contributed by atoms with Crippen molar-refractivity contribution >= 4 is 35.2 Å². The molecule has 0 spiro atoms. The topological polar surface area (TPSA) is 52.6 Å². The highest BCUT2D eigenvalue weighted by Crippen LogP contribution is 2.21. The Morgan fingerprint density at radius 3 is 2.67 bits per heavy atom. The van der Waals surface area contributed by atoms with Crippen molar-refractivity contribution < 1.29 is 9.90 Å². The smallest absolute Gasteiger partial charge is 0.244 e. The average molecular weight is 331 g/mol. The maximum absolute atomic E-state index is 11.7. The van der Waals surface area contributed by atoms with E-state index >= 15 is 0 Å². The number of carbonyl (C=O) groups excluding carboxylic acids is 1. The van der Waals surface area contributed by atoms with Crippen LogP contribution >= 0.6 is 23.2 Å². The third kappa shape index (κ3) is 6.96. The van der Waals surface area contributed by atoms with Gasteiger partial charge in [0.2, 0.25) is 5.91 Å². The number of aliphatic hydroxyl groups is 1. The Bertz CT molecular complexity index is 528. The Kier molecular flexibility index (Phi) is 6.68. The number of nitrogens with zero attached hydrogens (tertiary/aromatic N) is 1. The zero-order chi connectivity index (χ0) is 16.0. The molecule has 6 heteroatoms. The van der Waals surface area contributed by atoms with E-state index in [9.17, 15) is 9.90 Å². The van der Waals surface area contributed by atoms with Crippen molar-refractivity contribution in [2.24, 2.45) is 0 Å². The SMILES string of the molecule is CN(C)CC(C)(O)CNC(=O)/C=C/c1ccc(Cl)cc1Cl. The lowest BCUT2D eigenvalue weighted by Gasteiger charge is -2.26. The van der Waals surface area contributed by atoms with Crippen LogP contribution in [0.1, 0.15) is 12.5 Å². The van der Waals surface area contributed by atoms with Gasteiger partial charge in [-0.2, -0.15) is 0 Å². The molecular formula is C15H20Cl2N2O2. The van der Waals surface area contributed by atoms with Gasteiger partial charge in [-0.25, -0.2) is 0 Å². The Morgan fingerprint density at radius 1 is 1.43 bits per heavy atom. The van der Waals surface area contributed by atoms with E-state index in [4.69, 9.17) is 23.2 Å². The van der Waals surface area contributed by atoms with Crippen molar-refractivity contribution in [3.63, 3.8) is 0 Å². The number of hydrogen-bond donors (Lipinski definition) is 2. The summed E-state index contributed by atoms with van der Waals surface area (Å²) in [6.07, 6.45) is 2.98. The fourth-order valence-corrected chi connectivity index (χ4v) is 2.35. The van der Waals surface area contributed by atoms with Crippen LogP contribution in [0.4, 0.5) is 0 Å². The highest BCUT2D eigenvalue weighted by Gasteiger charge is 2.21. The van der Waals surface area contributed by atoms with E-state index in [1.54, 1.807) is 31.2 Å². The molecular weight excluding hydrogens is 311 g/mol. The largest absolute Gasteiger partial charge is 0.387 e. The Labute approximate surface area is 135 Å². The standard InChI is InChI=1S/C15H20Cl2N2O2/c1-15(21,10-19(2)3)9-18-14(20)7-5-11-4-6-12(16)8-13(11)17/h4-8,21H,9-10H2,1-3H3,(H,18,20)/b7-5+. The second-order valence-electron chi connectivity index (χ2n) is 5.45. The van der Waals surface area contributed by atoms with Gasteiger partial charge in [0.05, 0.1) is 5.60 Å². The van der Waals surface area contributed by atoms with Crippen LogP contribution in [0.5, 0.6) is 0 Å². The van der Waals surface area contributed by atoms with Crippen LogP contribution in [-0.2, 0) is 4.79 Å². The molecule has 1 atom stereocenters. The number of likely N-dealkylation sites (N-methyl/N-ethyl adjacent to an activating group) is 1. The summed E-state index contributed by atoms with van der Waals surface area (Å²) in [6, 6.07) is 5.05. The van der Waals surface area contributed by atoms with Gasteiger partial charge in [0.15, 0.2) is 0 Å². The average Bonchev–Trinajstić information content (AvgIpc) is 2.34. The van der Waals surface area contributed by atoms with E-state index in [2.05, 4.69) is 5.32 Å². The lowest BCUT2D eigenvalue weighted by Crippen LogP contribution is -2.46. The van der Waals surface area contributed by atoms with Crippen molar-refractivity contribution in [2.75, 3.05) is 27.2 Å². The van der Waals surface area contributed by atoms with Gasteiger partial charge >= 0.3 is 0 Å². The summed E-state index contributed by atoms with van der Waals surface area (Å²) >= 11 is 11.8. The zero-order valence-electron chi connectivity index (χ0n) is 12.4. The molecule has 1 amide bonds. The van der Waals surface area contributed by atoms with Crippen molar-refractivity contribution in [2.45, 2.75) is 12.5 Å². The van der Waals surface area contributed by atoms with Crippen LogP contribution in [0.3, 0.4) is 0 Å². The summed E-state index contributed by atoms with van der Waals surface area (Å²) in [4.78, 5) is 13.6. The number of carbonyl (C=O) groups is 1. The molecule has 0 saturated carbocycles. The molecule has 1 rings (SSSR count). The molecule has 0 aliphatic heterocycles. The second-order valence-corrected chi connectivity index (χ2v) is 6.30. The zero-order valence-corrected chi connectivity index (χ0v) is 13.9. The van der Waals surface area contributed by atoms with Crippen molar-refractivity contribution in [1.82, 2.24) is 10.2 Å². The first-order valence-corrected chi connectivity index (χ1v) is 7.23. The molecule has 0 saturated heterocycles. The molecule has 0 aliphatic carbocycles. The van der Waals surface area contributed by atoms with Crippen LogP contribution in [0.25, 0.3) is 6.08 Å². The van der Waals surface area contributed by atoms with Crippen molar-refractivity contribution in [3.05, 3.63) is 39.9 Å². The third-order valence-electron chi connectivity index (χ3n) is 2.68. The number of benzene rings is 1.